The molecule has 156 valence electrons. The highest BCUT2D eigenvalue weighted by molar-refractivity contribution is 6.35. The number of hydrogen-bond donors (Lipinski definition) is 0. The van der Waals surface area contributed by atoms with Gasteiger partial charge in [0, 0.05) is 36.3 Å². The van der Waals surface area contributed by atoms with E-state index in [4.69, 9.17) is 37.4 Å². The molecule has 0 amide bonds. The van der Waals surface area contributed by atoms with Crippen molar-refractivity contribution in [3.05, 3.63) is 63.7 Å². The van der Waals surface area contributed by atoms with Crippen LogP contribution in [-0.2, 0) is 10.2 Å². The van der Waals surface area contributed by atoms with Gasteiger partial charge in [-0.2, -0.15) is 0 Å². The first kappa shape index (κ1) is 19.6. The Balaban J connectivity index is 1.45. The molecule has 5 nitrogen and oxygen atoms in total. The Labute approximate surface area is 185 Å². The van der Waals surface area contributed by atoms with E-state index in [-0.39, 0.29) is 17.1 Å². The van der Waals surface area contributed by atoms with Crippen molar-refractivity contribution in [2.24, 2.45) is 0 Å². The molecule has 2 aliphatic heterocycles. The summed E-state index contributed by atoms with van der Waals surface area (Å²) in [5.74, 6) is 1.02. The van der Waals surface area contributed by atoms with Crippen LogP contribution in [0.15, 0.2) is 42.5 Å². The highest BCUT2D eigenvalue weighted by Gasteiger charge is 2.54. The van der Waals surface area contributed by atoms with Gasteiger partial charge in [-0.25, -0.2) is 4.79 Å². The second-order valence-corrected chi connectivity index (χ2v) is 8.82. The number of carbonyl (C=O) groups excluding carboxylic acids is 1. The van der Waals surface area contributed by atoms with E-state index in [0.29, 0.717) is 16.5 Å². The molecule has 5 rings (SSSR count). The molecular formula is C23H21Cl2NO4. The van der Waals surface area contributed by atoms with Crippen LogP contribution in [0.2, 0.25) is 10.0 Å². The van der Waals surface area contributed by atoms with Gasteiger partial charge >= 0.3 is 5.97 Å². The monoisotopic (exact) mass is 445 g/mol. The van der Waals surface area contributed by atoms with Gasteiger partial charge in [-0.05, 0) is 42.8 Å². The van der Waals surface area contributed by atoms with Crippen LogP contribution in [0, 0.1) is 0 Å². The van der Waals surface area contributed by atoms with Crippen LogP contribution in [0.25, 0.3) is 0 Å². The number of esters is 1. The fraction of sp³-hybridized carbons (Fsp3) is 0.348. The van der Waals surface area contributed by atoms with Gasteiger partial charge in [-0.1, -0.05) is 29.3 Å². The summed E-state index contributed by atoms with van der Waals surface area (Å²) in [6.07, 6.45) is 5.07. The van der Waals surface area contributed by atoms with Crippen molar-refractivity contribution < 1.29 is 19.0 Å². The molecular weight excluding hydrogens is 425 g/mol. The van der Waals surface area contributed by atoms with Crippen molar-refractivity contribution in [1.29, 1.82) is 0 Å². The van der Waals surface area contributed by atoms with Crippen LogP contribution in [0.4, 0.5) is 5.69 Å². The van der Waals surface area contributed by atoms with Crippen molar-refractivity contribution in [3.8, 4) is 11.5 Å². The zero-order valence-electron chi connectivity index (χ0n) is 16.7. The van der Waals surface area contributed by atoms with E-state index in [1.165, 1.54) is 11.6 Å². The van der Waals surface area contributed by atoms with Crippen LogP contribution < -0.4 is 14.4 Å². The van der Waals surface area contributed by atoms with Crippen molar-refractivity contribution >= 4 is 34.9 Å². The maximum atomic E-state index is 12.7. The Morgan fingerprint density at radius 2 is 2.10 bits per heavy atom. The SMILES string of the molecule is COc1ccc2c3c1OC1C[C@@H](OC(=O)c4cc(Cl)ccc4Cl)C=C[C@@]31CCN2C. The molecule has 2 aromatic rings. The third-order valence-corrected chi connectivity index (χ3v) is 6.92. The second-order valence-electron chi connectivity index (χ2n) is 7.97. The number of hydrogen-bond acceptors (Lipinski definition) is 5. The lowest BCUT2D eigenvalue weighted by Gasteiger charge is -2.42. The number of anilines is 1. The molecule has 1 spiro atoms. The molecule has 0 aromatic heterocycles. The average molecular weight is 446 g/mol. The lowest BCUT2D eigenvalue weighted by Crippen LogP contribution is -2.47. The summed E-state index contributed by atoms with van der Waals surface area (Å²) in [5, 5.41) is 0.750. The molecule has 0 bridgehead atoms. The molecule has 0 saturated carbocycles. The van der Waals surface area contributed by atoms with Crippen LogP contribution in [0.5, 0.6) is 11.5 Å². The van der Waals surface area contributed by atoms with E-state index in [0.717, 1.165) is 30.2 Å². The van der Waals surface area contributed by atoms with Gasteiger partial charge in [0.1, 0.15) is 12.2 Å². The average Bonchev–Trinajstić information content (AvgIpc) is 3.08. The number of carbonyl (C=O) groups is 1. The number of rotatable bonds is 3. The van der Waals surface area contributed by atoms with Crippen molar-refractivity contribution in [2.45, 2.75) is 30.5 Å². The van der Waals surface area contributed by atoms with E-state index in [1.54, 1.807) is 19.2 Å². The molecule has 1 aliphatic carbocycles. The molecule has 2 aromatic carbocycles. The number of ether oxygens (including phenoxy) is 3. The first-order valence-corrected chi connectivity index (χ1v) is 10.6. The van der Waals surface area contributed by atoms with Crippen molar-refractivity contribution in [2.75, 3.05) is 25.6 Å². The number of benzene rings is 2. The van der Waals surface area contributed by atoms with Gasteiger partial charge in [0.05, 0.1) is 23.1 Å². The standard InChI is InChI=1S/C23H21Cl2NO4/c1-26-10-9-23-8-7-14(29-22(27)15-11-13(24)3-4-16(15)25)12-19(23)30-21-18(28-2)6-5-17(26)20(21)23/h3-8,11,14,19H,9-10,12H2,1-2H3/t14-,19?,23-/m0/s1. The van der Waals surface area contributed by atoms with Gasteiger partial charge in [0.25, 0.3) is 0 Å². The summed E-state index contributed by atoms with van der Waals surface area (Å²) in [6, 6.07) is 8.79. The van der Waals surface area contributed by atoms with Gasteiger partial charge < -0.3 is 19.1 Å². The Bertz CT molecular complexity index is 1070. The summed E-state index contributed by atoms with van der Waals surface area (Å²) in [4.78, 5) is 14.9. The summed E-state index contributed by atoms with van der Waals surface area (Å²) < 4.78 is 17.7. The molecule has 2 heterocycles. The molecule has 0 radical (unpaired) electrons. The second kappa shape index (κ2) is 7.10. The first-order valence-electron chi connectivity index (χ1n) is 9.87. The highest BCUT2D eigenvalue weighted by Crippen LogP contribution is 2.58. The molecule has 0 saturated heterocycles. The number of halogens is 2. The van der Waals surface area contributed by atoms with Crippen molar-refractivity contribution in [3.63, 3.8) is 0 Å². The Hall–Kier alpha value is -2.37. The Morgan fingerprint density at radius 3 is 2.90 bits per heavy atom. The van der Waals surface area contributed by atoms with E-state index in [2.05, 4.69) is 24.1 Å². The number of nitrogens with zero attached hydrogens (tertiary/aromatic N) is 1. The summed E-state index contributed by atoms with van der Waals surface area (Å²) in [5.41, 5.74) is 2.35. The van der Waals surface area contributed by atoms with Gasteiger partial charge in [-0.15, -0.1) is 0 Å². The topological polar surface area (TPSA) is 48.0 Å². The third kappa shape index (κ3) is 2.87. The quantitative estimate of drug-likeness (QED) is 0.489. The van der Waals surface area contributed by atoms with Crippen LogP contribution in [-0.4, -0.2) is 38.9 Å². The zero-order chi connectivity index (χ0) is 21.0. The van der Waals surface area contributed by atoms with Crippen LogP contribution >= 0.6 is 23.2 Å². The molecule has 3 atom stereocenters. The molecule has 30 heavy (non-hydrogen) atoms. The van der Waals surface area contributed by atoms with Crippen LogP contribution in [0.3, 0.4) is 0 Å². The third-order valence-electron chi connectivity index (χ3n) is 6.35. The van der Waals surface area contributed by atoms with E-state index >= 15 is 0 Å². The van der Waals surface area contributed by atoms with E-state index in [9.17, 15) is 4.79 Å². The van der Waals surface area contributed by atoms with E-state index < -0.39 is 12.1 Å². The maximum absolute atomic E-state index is 12.7. The molecule has 7 heteroatoms. The largest absolute Gasteiger partial charge is 0.493 e. The van der Waals surface area contributed by atoms with Gasteiger partial charge in [0.15, 0.2) is 11.5 Å². The Kier molecular flexibility index (Phi) is 4.64. The lowest BCUT2D eigenvalue weighted by atomic mass is 9.67. The Morgan fingerprint density at radius 1 is 1.27 bits per heavy atom. The maximum Gasteiger partial charge on any atom is 0.340 e. The molecule has 3 aliphatic rings. The lowest BCUT2D eigenvalue weighted by molar-refractivity contribution is 0.0221. The fourth-order valence-corrected chi connectivity index (χ4v) is 5.18. The summed E-state index contributed by atoms with van der Waals surface area (Å²) in [6.45, 7) is 0.922. The predicted octanol–water partition coefficient (Wildman–Crippen LogP) is 5.03. The predicted molar refractivity (Wildman–Crippen MR) is 116 cm³/mol. The number of methoxy groups -OCH3 is 1. The smallest absolute Gasteiger partial charge is 0.340 e. The van der Waals surface area contributed by atoms with Gasteiger partial charge in [-0.3, -0.25) is 0 Å². The van der Waals surface area contributed by atoms with Crippen LogP contribution in [0.1, 0.15) is 28.8 Å². The highest BCUT2D eigenvalue weighted by atomic mass is 35.5. The normalized spacial score (nSPS) is 25.9. The molecule has 0 fully saturated rings. The van der Waals surface area contributed by atoms with Crippen molar-refractivity contribution in [1.82, 2.24) is 0 Å². The zero-order valence-corrected chi connectivity index (χ0v) is 18.2. The minimum Gasteiger partial charge on any atom is -0.493 e. The van der Waals surface area contributed by atoms with E-state index in [1.807, 2.05) is 12.1 Å². The van der Waals surface area contributed by atoms with Gasteiger partial charge in [0.2, 0.25) is 0 Å². The fourth-order valence-electron chi connectivity index (χ4n) is 4.81. The summed E-state index contributed by atoms with van der Waals surface area (Å²) >= 11 is 12.2. The summed E-state index contributed by atoms with van der Waals surface area (Å²) in [7, 11) is 3.74. The minimum atomic E-state index is -0.495. The molecule has 0 N–H and O–H groups in total. The first-order chi connectivity index (χ1) is 14.4. The minimum absolute atomic E-state index is 0.131. The molecule has 1 unspecified atom stereocenters.